The lowest BCUT2D eigenvalue weighted by atomic mass is 10.1. The van der Waals surface area contributed by atoms with Crippen LogP contribution in [0.1, 0.15) is 31.8 Å². The van der Waals surface area contributed by atoms with Gasteiger partial charge in [0.15, 0.2) is 0 Å². The van der Waals surface area contributed by atoms with Crippen molar-refractivity contribution >= 4 is 58.3 Å². The molecule has 0 bridgehead atoms. The van der Waals surface area contributed by atoms with Crippen LogP contribution in [0, 0.1) is 20.2 Å². The maximum absolute atomic E-state index is 12.9. The molecule has 4 aromatic carbocycles. The van der Waals surface area contributed by atoms with Gasteiger partial charge in [-0.1, -0.05) is 23.2 Å². The fourth-order valence-electron chi connectivity index (χ4n) is 4.22. The van der Waals surface area contributed by atoms with E-state index < -0.39 is 77.8 Å². The Morgan fingerprint density at radius 3 is 1.32 bits per heavy atom. The van der Waals surface area contributed by atoms with Crippen LogP contribution >= 0.6 is 35.0 Å². The van der Waals surface area contributed by atoms with Crippen LogP contribution in [0.3, 0.4) is 0 Å². The number of halogens is 8. The molecule has 4 rings (SSSR count). The van der Waals surface area contributed by atoms with Crippen LogP contribution in [0.2, 0.25) is 10.0 Å². The summed E-state index contributed by atoms with van der Waals surface area (Å²) in [6, 6.07) is 10.5. The van der Waals surface area contributed by atoms with Gasteiger partial charge in [-0.15, -0.1) is 0 Å². The summed E-state index contributed by atoms with van der Waals surface area (Å²) < 4.78 is 98.7. The molecule has 0 fully saturated rings. The Hall–Kier alpha value is -5.27. The van der Waals surface area contributed by atoms with Gasteiger partial charge in [0.25, 0.3) is 11.4 Å². The van der Waals surface area contributed by atoms with Crippen molar-refractivity contribution in [1.82, 2.24) is 0 Å². The van der Waals surface area contributed by atoms with Crippen LogP contribution in [0.15, 0.2) is 72.8 Å². The molecule has 0 radical (unpaired) electrons. The average molecular weight is 809 g/mol. The molecule has 0 aromatic heterocycles. The van der Waals surface area contributed by atoms with Gasteiger partial charge in [0, 0.05) is 35.8 Å². The van der Waals surface area contributed by atoms with Crippen molar-refractivity contribution in [2.24, 2.45) is 0 Å². The highest BCUT2D eigenvalue weighted by Crippen LogP contribution is 2.39. The molecule has 0 aliphatic carbocycles. The zero-order valence-electron chi connectivity index (χ0n) is 26.2. The summed E-state index contributed by atoms with van der Waals surface area (Å²) in [6.07, 6.45) is -9.33. The van der Waals surface area contributed by atoms with Crippen LogP contribution < -0.4 is 9.47 Å². The quantitative estimate of drug-likeness (QED) is 0.0392. The second kappa shape index (κ2) is 17.0. The number of hydrogen-bond donors (Lipinski definition) is 0. The maximum Gasteiger partial charge on any atom is 0.416 e. The first-order valence-electron chi connectivity index (χ1n) is 14.4. The number of benzene rings is 4. The van der Waals surface area contributed by atoms with Gasteiger partial charge < -0.3 is 18.9 Å². The number of esters is 2. The van der Waals surface area contributed by atoms with Gasteiger partial charge in [-0.25, -0.2) is 9.59 Å². The molecule has 280 valence electrons. The Morgan fingerprint density at radius 1 is 0.623 bits per heavy atom. The molecule has 21 heteroatoms. The van der Waals surface area contributed by atoms with Crippen LogP contribution in [-0.4, -0.2) is 46.5 Å². The van der Waals surface area contributed by atoms with Crippen molar-refractivity contribution in [1.29, 1.82) is 0 Å². The van der Waals surface area contributed by atoms with E-state index in [9.17, 15) is 56.2 Å². The van der Waals surface area contributed by atoms with Crippen LogP contribution in [0.4, 0.5) is 37.7 Å². The number of nitrogens with zero attached hydrogens (tertiary/aromatic N) is 2. The molecule has 4 aromatic rings. The molecule has 0 spiro atoms. The van der Waals surface area contributed by atoms with Gasteiger partial charge in [0.2, 0.25) is 0 Å². The SMILES string of the molecule is O=C(OCCSCCOC(=O)c1cc(Oc2ccc(C(F)(F)F)cc2Cl)ccc1[N+](=O)[O-])c1cc(Oc2ccc(C(F)(F)F)cc2Cl)ccc1[N+](=O)[O-]. The number of nitro groups is 2. The maximum atomic E-state index is 12.9. The second-order valence-electron chi connectivity index (χ2n) is 10.2. The van der Waals surface area contributed by atoms with Crippen molar-refractivity contribution in [3.05, 3.63) is 125 Å². The number of carbonyl (C=O) groups excluding carboxylic acids is 2. The molecule has 0 atom stereocenters. The summed E-state index contributed by atoms with van der Waals surface area (Å²) in [6.45, 7) is -0.552. The Labute approximate surface area is 307 Å². The lowest BCUT2D eigenvalue weighted by Crippen LogP contribution is -2.12. The summed E-state index contributed by atoms with van der Waals surface area (Å²) in [5.74, 6) is -2.81. The van der Waals surface area contributed by atoms with E-state index in [0.29, 0.717) is 24.3 Å². The smallest absolute Gasteiger partial charge is 0.416 e. The molecular formula is C32H20Cl2F6N2O10S. The Morgan fingerprint density at radius 2 is 1.00 bits per heavy atom. The number of alkyl halides is 6. The third kappa shape index (κ3) is 10.9. The number of carbonyl (C=O) groups is 2. The van der Waals surface area contributed by atoms with Crippen molar-refractivity contribution in [3.63, 3.8) is 0 Å². The normalized spacial score (nSPS) is 11.5. The zero-order chi connectivity index (χ0) is 39.1. The minimum Gasteiger partial charge on any atom is -0.461 e. The third-order valence-electron chi connectivity index (χ3n) is 6.66. The summed E-state index contributed by atoms with van der Waals surface area (Å²) in [5.41, 5.74) is -4.42. The monoisotopic (exact) mass is 808 g/mol. The number of ether oxygens (including phenoxy) is 4. The predicted molar refractivity (Wildman–Crippen MR) is 177 cm³/mol. The molecule has 0 aliphatic rings. The Kier molecular flexibility index (Phi) is 13.0. The van der Waals surface area contributed by atoms with E-state index >= 15 is 0 Å². The molecule has 12 nitrogen and oxygen atoms in total. The predicted octanol–water partition coefficient (Wildman–Crippen LogP) is 10.2. The summed E-state index contributed by atoms with van der Waals surface area (Å²) in [4.78, 5) is 46.7. The van der Waals surface area contributed by atoms with E-state index in [1.165, 1.54) is 0 Å². The van der Waals surface area contributed by atoms with E-state index in [2.05, 4.69) is 0 Å². The standard InChI is InChI=1S/C32H20Cl2F6N2O10S/c33-23-13-17(31(35,36)37)1-7-27(23)51-19-3-5-25(41(45)46)21(15-19)29(43)49-9-11-53-12-10-50-30(44)22-16-20(4-6-26(22)42(47)48)52-28-8-2-18(14-24(28)34)32(38,39)40/h1-8,13-16H,9-12H2. The molecule has 0 saturated heterocycles. The summed E-state index contributed by atoms with van der Waals surface area (Å²) >= 11 is 12.9. The van der Waals surface area contributed by atoms with Crippen molar-refractivity contribution in [3.8, 4) is 23.0 Å². The van der Waals surface area contributed by atoms with Gasteiger partial charge in [-0.2, -0.15) is 38.1 Å². The lowest BCUT2D eigenvalue weighted by Gasteiger charge is -2.12. The molecule has 0 aliphatic heterocycles. The van der Waals surface area contributed by atoms with Crippen LogP contribution in [0.25, 0.3) is 0 Å². The Bertz CT molecular complexity index is 1910. The van der Waals surface area contributed by atoms with Crippen LogP contribution in [-0.2, 0) is 21.8 Å². The first-order chi connectivity index (χ1) is 24.8. The molecule has 0 heterocycles. The third-order valence-corrected chi connectivity index (χ3v) is 8.17. The zero-order valence-corrected chi connectivity index (χ0v) is 28.5. The minimum absolute atomic E-state index is 0.103. The van der Waals surface area contributed by atoms with Gasteiger partial charge >= 0.3 is 24.3 Å². The van der Waals surface area contributed by atoms with Gasteiger partial charge in [0.1, 0.15) is 47.3 Å². The number of hydrogen-bond acceptors (Lipinski definition) is 11. The van der Waals surface area contributed by atoms with Crippen molar-refractivity contribution in [2.75, 3.05) is 24.7 Å². The van der Waals surface area contributed by atoms with Crippen molar-refractivity contribution in [2.45, 2.75) is 12.4 Å². The van der Waals surface area contributed by atoms with Crippen LogP contribution in [0.5, 0.6) is 23.0 Å². The molecule has 0 saturated carbocycles. The highest BCUT2D eigenvalue weighted by atomic mass is 35.5. The van der Waals surface area contributed by atoms with E-state index in [0.717, 1.165) is 60.3 Å². The molecular weight excluding hydrogens is 789 g/mol. The topological polar surface area (TPSA) is 157 Å². The van der Waals surface area contributed by atoms with E-state index in [1.54, 1.807) is 0 Å². The van der Waals surface area contributed by atoms with E-state index in [-0.39, 0.29) is 47.7 Å². The lowest BCUT2D eigenvalue weighted by molar-refractivity contribution is -0.385. The van der Waals surface area contributed by atoms with Gasteiger partial charge in [-0.05, 0) is 48.5 Å². The fraction of sp³-hybridized carbons (Fsp3) is 0.188. The van der Waals surface area contributed by atoms with Crippen molar-refractivity contribution < 1.29 is 64.7 Å². The first-order valence-corrected chi connectivity index (χ1v) is 16.3. The van der Waals surface area contributed by atoms with Gasteiger partial charge in [0.05, 0.1) is 31.0 Å². The number of rotatable bonds is 14. The van der Waals surface area contributed by atoms with Gasteiger partial charge in [-0.3, -0.25) is 20.2 Å². The largest absolute Gasteiger partial charge is 0.461 e. The highest BCUT2D eigenvalue weighted by molar-refractivity contribution is 7.99. The average Bonchev–Trinajstić information content (AvgIpc) is 3.08. The summed E-state index contributed by atoms with van der Waals surface area (Å²) in [7, 11) is 0. The van der Waals surface area contributed by atoms with E-state index in [1.807, 2.05) is 0 Å². The van der Waals surface area contributed by atoms with E-state index in [4.69, 9.17) is 42.1 Å². The Balaban J connectivity index is 1.30. The molecule has 0 N–H and O–H groups in total. The molecule has 53 heavy (non-hydrogen) atoms. The summed E-state index contributed by atoms with van der Waals surface area (Å²) in [5, 5.41) is 22.2. The second-order valence-corrected chi connectivity index (χ2v) is 12.3. The first kappa shape index (κ1) is 40.5. The molecule has 0 amide bonds. The molecule has 0 unspecified atom stereocenters. The fourth-order valence-corrected chi connectivity index (χ4v) is 5.27. The number of nitro benzene ring substituents is 2. The highest BCUT2D eigenvalue weighted by Gasteiger charge is 2.32. The number of thioether (sulfide) groups is 1. The minimum atomic E-state index is -4.66.